The molecule has 2 heterocycles. The first-order valence-corrected chi connectivity index (χ1v) is 12.0. The summed E-state index contributed by atoms with van der Waals surface area (Å²) in [6.45, 7) is 4.57. The quantitative estimate of drug-likeness (QED) is 0.636. The number of fused-ring (bicyclic) bond motifs is 1. The van der Waals surface area contributed by atoms with Crippen LogP contribution in [0.1, 0.15) is 24.2 Å². The molecule has 0 bridgehead atoms. The fraction of sp³-hybridized carbons (Fsp3) is 0.391. The van der Waals surface area contributed by atoms with Crippen LogP contribution >= 0.6 is 0 Å². The lowest BCUT2D eigenvalue weighted by molar-refractivity contribution is 0.163. The van der Waals surface area contributed by atoms with Gasteiger partial charge in [-0.25, -0.2) is 18.1 Å². The lowest BCUT2D eigenvalue weighted by atomic mass is 9.98. The minimum Gasteiger partial charge on any atom is -0.298 e. The Morgan fingerprint density at radius 3 is 2.65 bits per heavy atom. The van der Waals surface area contributed by atoms with Gasteiger partial charge in [-0.05, 0) is 56.5 Å². The SMILES string of the molecule is Cc1ccc(S(=O)(=O)NCC2CCCN(Cc3nc4ccccc4c(=O)n3C)C2)cc1. The Balaban J connectivity index is 1.42. The summed E-state index contributed by atoms with van der Waals surface area (Å²) < 4.78 is 29.6. The van der Waals surface area contributed by atoms with Crippen molar-refractivity contribution in [2.45, 2.75) is 31.2 Å². The van der Waals surface area contributed by atoms with Gasteiger partial charge in [0.25, 0.3) is 5.56 Å². The van der Waals surface area contributed by atoms with E-state index in [4.69, 9.17) is 4.98 Å². The van der Waals surface area contributed by atoms with Crippen LogP contribution in [0.3, 0.4) is 0 Å². The van der Waals surface area contributed by atoms with E-state index in [-0.39, 0.29) is 11.5 Å². The summed E-state index contributed by atoms with van der Waals surface area (Å²) in [4.78, 5) is 19.9. The van der Waals surface area contributed by atoms with Crippen molar-refractivity contribution in [3.8, 4) is 0 Å². The Kier molecular flexibility index (Phi) is 6.22. The minimum atomic E-state index is -3.52. The summed E-state index contributed by atoms with van der Waals surface area (Å²) in [7, 11) is -1.76. The molecule has 8 heteroatoms. The van der Waals surface area contributed by atoms with Crippen LogP contribution in [0.25, 0.3) is 10.9 Å². The first kappa shape index (κ1) is 21.7. The fourth-order valence-corrected chi connectivity index (χ4v) is 5.21. The zero-order valence-corrected chi connectivity index (χ0v) is 18.7. The lowest BCUT2D eigenvalue weighted by Crippen LogP contribution is -2.41. The van der Waals surface area contributed by atoms with Crippen LogP contribution in [0.4, 0.5) is 0 Å². The Bertz CT molecular complexity index is 1240. The predicted molar refractivity (Wildman–Crippen MR) is 121 cm³/mol. The van der Waals surface area contributed by atoms with E-state index < -0.39 is 10.0 Å². The second kappa shape index (κ2) is 8.90. The van der Waals surface area contributed by atoms with Crippen LogP contribution in [0.5, 0.6) is 0 Å². The van der Waals surface area contributed by atoms with Gasteiger partial charge in [-0.15, -0.1) is 0 Å². The van der Waals surface area contributed by atoms with Crippen molar-refractivity contribution in [1.29, 1.82) is 0 Å². The molecule has 164 valence electrons. The summed E-state index contributed by atoms with van der Waals surface area (Å²) in [5.41, 5.74) is 1.69. The third-order valence-corrected chi connectivity index (χ3v) is 7.38. The number of likely N-dealkylation sites (tertiary alicyclic amines) is 1. The maximum atomic E-state index is 12.7. The van der Waals surface area contributed by atoms with Crippen LogP contribution in [0.15, 0.2) is 58.2 Å². The fourth-order valence-electron chi connectivity index (χ4n) is 4.10. The standard InChI is InChI=1S/C23H28N4O3S/c1-17-9-11-19(12-10-17)31(29,30)24-14-18-6-5-13-27(15-18)16-22-25-21-8-4-3-7-20(21)23(28)26(22)2/h3-4,7-12,18,24H,5-6,13-16H2,1-2H3. The number of nitrogens with one attached hydrogen (secondary N) is 1. The van der Waals surface area contributed by atoms with Crippen LogP contribution < -0.4 is 10.3 Å². The highest BCUT2D eigenvalue weighted by atomic mass is 32.2. The number of aryl methyl sites for hydroxylation is 1. The molecular weight excluding hydrogens is 412 g/mol. The van der Waals surface area contributed by atoms with E-state index in [0.717, 1.165) is 37.3 Å². The van der Waals surface area contributed by atoms with E-state index in [1.807, 2.05) is 25.1 Å². The van der Waals surface area contributed by atoms with Gasteiger partial charge in [0.05, 0.1) is 22.3 Å². The number of benzene rings is 2. The molecule has 0 radical (unpaired) electrons. The molecule has 0 saturated carbocycles. The summed E-state index contributed by atoms with van der Waals surface area (Å²) in [6.07, 6.45) is 1.95. The lowest BCUT2D eigenvalue weighted by Gasteiger charge is -2.32. The molecule has 1 aliphatic heterocycles. The van der Waals surface area contributed by atoms with Crippen molar-refractivity contribution in [3.63, 3.8) is 0 Å². The van der Waals surface area contributed by atoms with Gasteiger partial charge in [-0.1, -0.05) is 29.8 Å². The van der Waals surface area contributed by atoms with Gasteiger partial charge in [0.1, 0.15) is 5.82 Å². The maximum absolute atomic E-state index is 12.7. The van der Waals surface area contributed by atoms with Crippen molar-refractivity contribution in [2.75, 3.05) is 19.6 Å². The molecule has 7 nitrogen and oxygen atoms in total. The van der Waals surface area contributed by atoms with Crippen LogP contribution in [0, 0.1) is 12.8 Å². The van der Waals surface area contributed by atoms with E-state index in [0.29, 0.717) is 28.9 Å². The van der Waals surface area contributed by atoms with Crippen molar-refractivity contribution in [3.05, 3.63) is 70.3 Å². The van der Waals surface area contributed by atoms with Crippen LogP contribution in [-0.4, -0.2) is 42.5 Å². The Hall–Kier alpha value is -2.55. The number of hydrogen-bond donors (Lipinski definition) is 1. The number of nitrogens with zero attached hydrogens (tertiary/aromatic N) is 3. The van der Waals surface area contributed by atoms with Crippen molar-refractivity contribution in [1.82, 2.24) is 19.2 Å². The average Bonchev–Trinajstić information content (AvgIpc) is 2.77. The number of sulfonamides is 1. The van der Waals surface area contributed by atoms with Crippen molar-refractivity contribution in [2.24, 2.45) is 13.0 Å². The minimum absolute atomic E-state index is 0.0417. The molecular formula is C23H28N4O3S. The predicted octanol–water partition coefficient (Wildman–Crippen LogP) is 2.43. The van der Waals surface area contributed by atoms with Gasteiger partial charge in [-0.2, -0.15) is 0 Å². The van der Waals surface area contributed by atoms with Gasteiger partial charge in [-0.3, -0.25) is 14.3 Å². The largest absolute Gasteiger partial charge is 0.298 e. The van der Waals surface area contributed by atoms with Crippen molar-refractivity contribution >= 4 is 20.9 Å². The molecule has 0 amide bonds. The summed E-state index contributed by atoms with van der Waals surface area (Å²) >= 11 is 0. The third-order valence-electron chi connectivity index (χ3n) is 5.94. The van der Waals surface area contributed by atoms with Gasteiger partial charge in [0, 0.05) is 20.1 Å². The second-order valence-electron chi connectivity index (χ2n) is 8.32. The number of rotatable bonds is 6. The zero-order chi connectivity index (χ0) is 22.0. The maximum Gasteiger partial charge on any atom is 0.261 e. The average molecular weight is 441 g/mol. The third kappa shape index (κ3) is 4.87. The molecule has 3 aromatic rings. The molecule has 1 N–H and O–H groups in total. The van der Waals surface area contributed by atoms with Crippen LogP contribution in [-0.2, 0) is 23.6 Å². The molecule has 1 saturated heterocycles. The molecule has 1 aromatic heterocycles. The zero-order valence-electron chi connectivity index (χ0n) is 17.9. The Morgan fingerprint density at radius 2 is 1.87 bits per heavy atom. The van der Waals surface area contributed by atoms with Crippen LogP contribution in [0.2, 0.25) is 0 Å². The topological polar surface area (TPSA) is 84.3 Å². The van der Waals surface area contributed by atoms with Gasteiger partial charge in [0.15, 0.2) is 0 Å². The smallest absolute Gasteiger partial charge is 0.261 e. The number of hydrogen-bond acceptors (Lipinski definition) is 5. The highest BCUT2D eigenvalue weighted by Gasteiger charge is 2.23. The molecule has 0 spiro atoms. The van der Waals surface area contributed by atoms with Gasteiger partial charge < -0.3 is 0 Å². The molecule has 0 aliphatic carbocycles. The summed E-state index contributed by atoms with van der Waals surface area (Å²) in [5, 5.41) is 0.621. The highest BCUT2D eigenvalue weighted by Crippen LogP contribution is 2.19. The summed E-state index contributed by atoms with van der Waals surface area (Å²) in [6, 6.07) is 14.3. The highest BCUT2D eigenvalue weighted by molar-refractivity contribution is 7.89. The second-order valence-corrected chi connectivity index (χ2v) is 10.1. The summed E-state index contributed by atoms with van der Waals surface area (Å²) in [5.74, 6) is 0.941. The number of aromatic nitrogens is 2. The normalized spacial score (nSPS) is 17.8. The van der Waals surface area contributed by atoms with E-state index in [2.05, 4.69) is 9.62 Å². The molecule has 1 aliphatic rings. The van der Waals surface area contributed by atoms with Gasteiger partial charge >= 0.3 is 0 Å². The van der Waals surface area contributed by atoms with E-state index >= 15 is 0 Å². The molecule has 4 rings (SSSR count). The Labute approximate surface area is 182 Å². The number of para-hydroxylation sites is 1. The van der Waals surface area contributed by atoms with Gasteiger partial charge in [0.2, 0.25) is 10.0 Å². The number of piperidine rings is 1. The molecule has 1 atom stereocenters. The Morgan fingerprint density at radius 1 is 1.13 bits per heavy atom. The first-order chi connectivity index (χ1) is 14.8. The monoisotopic (exact) mass is 440 g/mol. The van der Waals surface area contributed by atoms with E-state index in [1.165, 1.54) is 0 Å². The molecule has 1 unspecified atom stereocenters. The van der Waals surface area contributed by atoms with E-state index in [1.54, 1.807) is 41.9 Å². The first-order valence-electron chi connectivity index (χ1n) is 10.6. The van der Waals surface area contributed by atoms with Crippen molar-refractivity contribution < 1.29 is 8.42 Å². The molecule has 2 aromatic carbocycles. The molecule has 1 fully saturated rings. The van der Waals surface area contributed by atoms with E-state index in [9.17, 15) is 13.2 Å². The molecule has 31 heavy (non-hydrogen) atoms.